The van der Waals surface area contributed by atoms with Gasteiger partial charge in [0.2, 0.25) is 5.91 Å². The number of methoxy groups -OCH3 is 2. The molecule has 0 aliphatic rings. The topological polar surface area (TPSA) is 82.5 Å². The monoisotopic (exact) mass is 269 g/mol. The number of amides is 1. The van der Waals surface area contributed by atoms with Gasteiger partial charge in [0.05, 0.1) is 31.0 Å². The van der Waals surface area contributed by atoms with Crippen molar-refractivity contribution in [1.29, 1.82) is 0 Å². The van der Waals surface area contributed by atoms with Gasteiger partial charge in [0.15, 0.2) is 0 Å². The highest BCUT2D eigenvalue weighted by Crippen LogP contribution is 2.14. The lowest BCUT2D eigenvalue weighted by molar-refractivity contribution is -0.141. The maximum Gasteiger partial charge on any atom is 0.327 e. The highest BCUT2D eigenvalue weighted by Gasteiger charge is 2.21. The van der Waals surface area contributed by atoms with Gasteiger partial charge in [0, 0.05) is 13.3 Å². The minimum absolute atomic E-state index is 0.00986. The van der Waals surface area contributed by atoms with Crippen LogP contribution in [0.5, 0.6) is 0 Å². The van der Waals surface area contributed by atoms with Crippen LogP contribution >= 0.6 is 0 Å². The third-order valence-corrected chi connectivity index (χ3v) is 2.57. The van der Waals surface area contributed by atoms with Crippen LogP contribution in [0.1, 0.15) is 20.3 Å². The summed E-state index contributed by atoms with van der Waals surface area (Å²) >= 11 is 0. The number of hydrogen-bond donors (Lipinski definition) is 1. The first kappa shape index (κ1) is 15.2. The predicted molar refractivity (Wildman–Crippen MR) is 68.6 cm³/mol. The number of rotatable bonds is 6. The molecule has 0 atom stereocenters. The molecular weight excluding hydrogens is 250 g/mol. The molecule has 0 radical (unpaired) electrons. The van der Waals surface area contributed by atoms with E-state index >= 15 is 0 Å². The normalized spacial score (nSPS) is 11.2. The van der Waals surface area contributed by atoms with E-state index in [9.17, 15) is 9.59 Å². The second kappa shape index (κ2) is 6.33. The Morgan fingerprint density at radius 1 is 1.42 bits per heavy atom. The van der Waals surface area contributed by atoms with Gasteiger partial charge in [-0.3, -0.25) is 14.3 Å². The van der Waals surface area contributed by atoms with Crippen molar-refractivity contribution in [2.24, 2.45) is 0 Å². The molecule has 0 bridgehead atoms. The first-order chi connectivity index (χ1) is 8.86. The van der Waals surface area contributed by atoms with Crippen LogP contribution < -0.4 is 5.32 Å². The second-order valence-electron chi connectivity index (χ2n) is 4.69. The fourth-order valence-electron chi connectivity index (χ4n) is 1.38. The first-order valence-corrected chi connectivity index (χ1v) is 5.80. The molecule has 1 heterocycles. The molecule has 0 saturated heterocycles. The van der Waals surface area contributed by atoms with E-state index in [0.717, 1.165) is 0 Å². The van der Waals surface area contributed by atoms with Gasteiger partial charge in [-0.05, 0) is 13.8 Å². The molecule has 0 aliphatic carbocycles. The molecule has 7 heteroatoms. The molecule has 0 aromatic carbocycles. The zero-order valence-electron chi connectivity index (χ0n) is 11.6. The van der Waals surface area contributed by atoms with Crippen molar-refractivity contribution in [3.05, 3.63) is 12.4 Å². The molecule has 0 unspecified atom stereocenters. The Kier molecular flexibility index (Phi) is 5.05. The molecule has 1 rings (SSSR count). The van der Waals surface area contributed by atoms with Crippen molar-refractivity contribution in [3.63, 3.8) is 0 Å². The largest absolute Gasteiger partial charge is 0.468 e. The third-order valence-electron chi connectivity index (χ3n) is 2.57. The van der Waals surface area contributed by atoms with Gasteiger partial charge >= 0.3 is 5.97 Å². The zero-order valence-corrected chi connectivity index (χ0v) is 11.6. The fraction of sp³-hybridized carbons (Fsp3) is 0.583. The summed E-state index contributed by atoms with van der Waals surface area (Å²) in [5.74, 6) is -0.578. The second-order valence-corrected chi connectivity index (χ2v) is 4.69. The zero-order chi connectivity index (χ0) is 14.5. The van der Waals surface area contributed by atoms with Crippen molar-refractivity contribution in [3.8, 4) is 0 Å². The number of ether oxygens (including phenoxy) is 2. The van der Waals surface area contributed by atoms with Crippen molar-refractivity contribution in [2.75, 3.05) is 19.5 Å². The molecule has 1 amide bonds. The number of esters is 1. The van der Waals surface area contributed by atoms with Crippen molar-refractivity contribution >= 4 is 17.6 Å². The summed E-state index contributed by atoms with van der Waals surface area (Å²) in [5, 5.41) is 6.63. The minimum atomic E-state index is -0.522. The molecular formula is C12H19N3O4. The summed E-state index contributed by atoms with van der Waals surface area (Å²) in [5.41, 5.74) is 0.00679. The Morgan fingerprint density at radius 2 is 2.11 bits per heavy atom. The molecule has 7 nitrogen and oxygen atoms in total. The van der Waals surface area contributed by atoms with Gasteiger partial charge in [-0.2, -0.15) is 5.10 Å². The van der Waals surface area contributed by atoms with Gasteiger partial charge in [-0.15, -0.1) is 0 Å². The van der Waals surface area contributed by atoms with Gasteiger partial charge in [0.1, 0.15) is 6.54 Å². The minimum Gasteiger partial charge on any atom is -0.468 e. The number of nitrogens with zero attached hydrogens (tertiary/aromatic N) is 2. The van der Waals surface area contributed by atoms with E-state index in [-0.39, 0.29) is 18.9 Å². The van der Waals surface area contributed by atoms with E-state index in [2.05, 4.69) is 15.2 Å². The summed E-state index contributed by atoms with van der Waals surface area (Å²) in [6.45, 7) is 3.66. The van der Waals surface area contributed by atoms with Crippen LogP contribution in [0.3, 0.4) is 0 Å². The lowest BCUT2D eigenvalue weighted by Gasteiger charge is -2.21. The number of hydrogen-bond acceptors (Lipinski definition) is 5. The van der Waals surface area contributed by atoms with Gasteiger partial charge in [-0.25, -0.2) is 0 Å². The standard InChI is InChI=1S/C12H19N3O4/c1-12(2,19-4)5-10(16)14-9-6-13-15(7-9)8-11(17)18-3/h6-7H,5,8H2,1-4H3,(H,14,16). The Hall–Kier alpha value is -1.89. The van der Waals surface area contributed by atoms with Gasteiger partial charge < -0.3 is 14.8 Å². The molecule has 1 aromatic rings. The summed E-state index contributed by atoms with van der Waals surface area (Å²) in [6.07, 6.45) is 3.26. The van der Waals surface area contributed by atoms with E-state index in [1.165, 1.54) is 18.0 Å². The fourth-order valence-corrected chi connectivity index (χ4v) is 1.38. The molecule has 0 aliphatic heterocycles. The van der Waals surface area contributed by atoms with Crippen molar-refractivity contribution < 1.29 is 19.1 Å². The quantitative estimate of drug-likeness (QED) is 0.773. The maximum atomic E-state index is 11.8. The molecule has 19 heavy (non-hydrogen) atoms. The van der Waals surface area contributed by atoms with Crippen LogP contribution in [0.25, 0.3) is 0 Å². The van der Waals surface area contributed by atoms with Crippen LogP contribution in [-0.2, 0) is 25.6 Å². The highest BCUT2D eigenvalue weighted by atomic mass is 16.5. The predicted octanol–water partition coefficient (Wildman–Crippen LogP) is 0.810. The Bertz CT molecular complexity index is 454. The summed E-state index contributed by atoms with van der Waals surface area (Å²) in [4.78, 5) is 22.8. The number of carbonyl (C=O) groups excluding carboxylic acids is 2. The summed E-state index contributed by atoms with van der Waals surface area (Å²) in [6, 6.07) is 0. The summed E-state index contributed by atoms with van der Waals surface area (Å²) < 4.78 is 11.1. The van der Waals surface area contributed by atoms with Gasteiger partial charge in [0.25, 0.3) is 0 Å². The van der Waals surface area contributed by atoms with Gasteiger partial charge in [-0.1, -0.05) is 0 Å². The van der Waals surface area contributed by atoms with E-state index in [0.29, 0.717) is 5.69 Å². The average molecular weight is 269 g/mol. The number of carbonyl (C=O) groups is 2. The van der Waals surface area contributed by atoms with Crippen LogP contribution in [0, 0.1) is 0 Å². The molecule has 0 fully saturated rings. The molecule has 1 N–H and O–H groups in total. The van der Waals surface area contributed by atoms with Crippen LogP contribution in [0.2, 0.25) is 0 Å². The van der Waals surface area contributed by atoms with Crippen LogP contribution in [0.15, 0.2) is 12.4 Å². The first-order valence-electron chi connectivity index (χ1n) is 5.80. The van der Waals surface area contributed by atoms with Crippen molar-refractivity contribution in [2.45, 2.75) is 32.4 Å². The van der Waals surface area contributed by atoms with Crippen molar-refractivity contribution in [1.82, 2.24) is 9.78 Å². The molecule has 106 valence electrons. The molecule has 1 aromatic heterocycles. The highest BCUT2D eigenvalue weighted by molar-refractivity contribution is 5.91. The molecule has 0 spiro atoms. The Balaban J connectivity index is 2.54. The lowest BCUT2D eigenvalue weighted by atomic mass is 10.1. The van der Waals surface area contributed by atoms with Crippen LogP contribution in [0.4, 0.5) is 5.69 Å². The Labute approximate surface area is 111 Å². The maximum absolute atomic E-state index is 11.8. The van der Waals surface area contributed by atoms with E-state index in [1.54, 1.807) is 13.3 Å². The SMILES string of the molecule is COC(=O)Cn1cc(NC(=O)CC(C)(C)OC)cn1. The summed E-state index contributed by atoms with van der Waals surface area (Å²) in [7, 11) is 2.86. The number of nitrogens with one attached hydrogen (secondary N) is 1. The van der Waals surface area contributed by atoms with E-state index in [4.69, 9.17) is 4.74 Å². The van der Waals surface area contributed by atoms with Crippen LogP contribution in [-0.4, -0.2) is 41.5 Å². The molecule has 0 saturated carbocycles. The third kappa shape index (κ3) is 5.09. The Morgan fingerprint density at radius 3 is 2.68 bits per heavy atom. The average Bonchev–Trinajstić information content (AvgIpc) is 2.75. The number of aromatic nitrogens is 2. The van der Waals surface area contributed by atoms with E-state index < -0.39 is 11.6 Å². The lowest BCUT2D eigenvalue weighted by Crippen LogP contribution is -2.29. The van der Waals surface area contributed by atoms with E-state index in [1.807, 2.05) is 13.8 Å². The smallest absolute Gasteiger partial charge is 0.327 e. The number of anilines is 1.